The number of H-pyrrole nitrogens is 1. The first-order chi connectivity index (χ1) is 11.1. The molecule has 0 aliphatic rings. The molecule has 0 aliphatic carbocycles. The third-order valence-electron chi connectivity index (χ3n) is 3.42. The number of aromatic nitrogens is 1. The van der Waals surface area contributed by atoms with Crippen LogP contribution in [0.2, 0.25) is 0 Å². The second kappa shape index (κ2) is 6.66. The Morgan fingerprint density at radius 2 is 1.74 bits per heavy atom. The average Bonchev–Trinajstić information content (AvgIpc) is 3.00. The van der Waals surface area contributed by atoms with Gasteiger partial charge in [-0.15, -0.1) is 0 Å². The summed E-state index contributed by atoms with van der Waals surface area (Å²) >= 11 is 0. The molecule has 3 rings (SSSR count). The molecule has 0 aliphatic heterocycles. The van der Waals surface area contributed by atoms with Crippen LogP contribution in [-0.4, -0.2) is 23.3 Å². The molecular weight excluding hydrogens is 304 g/mol. The van der Waals surface area contributed by atoms with Crippen LogP contribution >= 0.6 is 0 Å². The minimum Gasteiger partial charge on any atom is -0.490 e. The molecule has 23 heavy (non-hydrogen) atoms. The monoisotopic (exact) mass is 319 g/mol. The number of hydrogen-bond donors (Lipinski definition) is 2. The molecule has 2 aromatic carbocycles. The van der Waals surface area contributed by atoms with Crippen molar-refractivity contribution in [3.63, 3.8) is 0 Å². The van der Waals surface area contributed by atoms with E-state index in [0.29, 0.717) is 11.3 Å². The predicted octanol–water partition coefficient (Wildman–Crippen LogP) is 3.88. The number of aromatic amines is 1. The summed E-state index contributed by atoms with van der Waals surface area (Å²) in [7, 11) is 0. The van der Waals surface area contributed by atoms with Crippen LogP contribution in [0.1, 0.15) is 11.7 Å². The summed E-state index contributed by atoms with van der Waals surface area (Å²) in [6, 6.07) is 13.4. The highest BCUT2D eigenvalue weighted by Crippen LogP contribution is 2.23. The molecule has 0 bridgehead atoms. The molecule has 1 aromatic heterocycles. The minimum absolute atomic E-state index is 0.0501. The third kappa shape index (κ3) is 3.78. The summed E-state index contributed by atoms with van der Waals surface area (Å²) in [5, 5.41) is 11.2. The van der Waals surface area contributed by atoms with E-state index in [9.17, 15) is 13.9 Å². The lowest BCUT2D eigenvalue weighted by molar-refractivity contribution is -0.0498. The van der Waals surface area contributed by atoms with Gasteiger partial charge in [0, 0.05) is 17.8 Å². The molecule has 3 aromatic rings. The molecule has 0 fully saturated rings. The number of nitrogens with one attached hydrogen (secondary N) is 1. The van der Waals surface area contributed by atoms with E-state index in [4.69, 9.17) is 4.74 Å². The highest BCUT2D eigenvalue weighted by atomic mass is 19.3. The standard InChI is InChI=1S/C17H15F2NO3/c18-17(19)23-13-4-2-12(3-5-13)16(21)10-22-14-6-1-11-7-8-20-15(11)9-14/h1-9,16-17,20-21H,10H2. The van der Waals surface area contributed by atoms with E-state index in [2.05, 4.69) is 9.72 Å². The minimum atomic E-state index is -2.86. The second-order valence-corrected chi connectivity index (χ2v) is 5.00. The zero-order valence-electron chi connectivity index (χ0n) is 12.1. The molecule has 1 atom stereocenters. The molecule has 1 unspecified atom stereocenters. The lowest BCUT2D eigenvalue weighted by Crippen LogP contribution is -2.10. The number of alkyl halides is 2. The highest BCUT2D eigenvalue weighted by Gasteiger charge is 2.10. The summed E-state index contributed by atoms with van der Waals surface area (Å²) in [5.41, 5.74) is 1.51. The first-order valence-electron chi connectivity index (χ1n) is 7.04. The van der Waals surface area contributed by atoms with Crippen LogP contribution < -0.4 is 9.47 Å². The van der Waals surface area contributed by atoms with E-state index in [0.717, 1.165) is 10.9 Å². The SMILES string of the molecule is OC(COc1ccc2cc[nH]c2c1)c1ccc(OC(F)F)cc1. The number of benzene rings is 2. The molecule has 120 valence electrons. The maximum absolute atomic E-state index is 12.1. The van der Waals surface area contributed by atoms with Crippen LogP contribution in [0.4, 0.5) is 8.78 Å². The lowest BCUT2D eigenvalue weighted by Gasteiger charge is -2.13. The Morgan fingerprint density at radius 3 is 2.48 bits per heavy atom. The maximum atomic E-state index is 12.1. The van der Waals surface area contributed by atoms with Crippen LogP contribution in [0.5, 0.6) is 11.5 Å². The zero-order valence-corrected chi connectivity index (χ0v) is 12.1. The fourth-order valence-corrected chi connectivity index (χ4v) is 2.26. The van der Waals surface area contributed by atoms with Gasteiger partial charge in [0.05, 0.1) is 0 Å². The molecule has 6 heteroatoms. The Bertz CT molecular complexity index is 771. The van der Waals surface area contributed by atoms with Gasteiger partial charge in [0.25, 0.3) is 0 Å². The molecule has 0 saturated heterocycles. The zero-order chi connectivity index (χ0) is 16.2. The number of aliphatic hydroxyl groups is 1. The van der Waals surface area contributed by atoms with Gasteiger partial charge in [0.2, 0.25) is 0 Å². The quantitative estimate of drug-likeness (QED) is 0.725. The van der Waals surface area contributed by atoms with Crippen molar-refractivity contribution in [3.05, 3.63) is 60.3 Å². The Balaban J connectivity index is 1.60. The summed E-state index contributed by atoms with van der Waals surface area (Å²) in [6.45, 7) is -2.81. The smallest absolute Gasteiger partial charge is 0.387 e. The van der Waals surface area contributed by atoms with Gasteiger partial charge in [0.1, 0.15) is 24.2 Å². The Kier molecular flexibility index (Phi) is 4.43. The van der Waals surface area contributed by atoms with E-state index in [1.807, 2.05) is 30.5 Å². The number of aliphatic hydroxyl groups excluding tert-OH is 1. The van der Waals surface area contributed by atoms with Crippen LogP contribution in [0.3, 0.4) is 0 Å². The normalized spacial score (nSPS) is 12.5. The average molecular weight is 319 g/mol. The van der Waals surface area contributed by atoms with Crippen molar-refractivity contribution >= 4 is 10.9 Å². The summed E-state index contributed by atoms with van der Waals surface area (Å²) in [5.74, 6) is 0.686. The van der Waals surface area contributed by atoms with Crippen molar-refractivity contribution in [2.45, 2.75) is 12.7 Å². The first kappa shape index (κ1) is 15.3. The van der Waals surface area contributed by atoms with Gasteiger partial charge in [-0.1, -0.05) is 12.1 Å². The van der Waals surface area contributed by atoms with Gasteiger partial charge in [0.15, 0.2) is 0 Å². The van der Waals surface area contributed by atoms with Gasteiger partial charge in [-0.25, -0.2) is 0 Å². The summed E-state index contributed by atoms with van der Waals surface area (Å²) in [4.78, 5) is 3.08. The van der Waals surface area contributed by atoms with Crippen molar-refractivity contribution < 1.29 is 23.4 Å². The van der Waals surface area contributed by atoms with E-state index in [1.165, 1.54) is 24.3 Å². The fraction of sp³-hybridized carbons (Fsp3) is 0.176. The number of halogens is 2. The lowest BCUT2D eigenvalue weighted by atomic mass is 10.1. The maximum Gasteiger partial charge on any atom is 0.387 e. The topological polar surface area (TPSA) is 54.5 Å². The summed E-state index contributed by atoms with van der Waals surface area (Å²) in [6.07, 6.45) is 0.974. The largest absolute Gasteiger partial charge is 0.490 e. The Hall–Kier alpha value is -2.60. The van der Waals surface area contributed by atoms with Crippen molar-refractivity contribution in [1.82, 2.24) is 4.98 Å². The third-order valence-corrected chi connectivity index (χ3v) is 3.42. The van der Waals surface area contributed by atoms with Gasteiger partial charge < -0.3 is 19.6 Å². The number of ether oxygens (including phenoxy) is 2. The molecule has 0 radical (unpaired) electrons. The van der Waals surface area contributed by atoms with E-state index in [-0.39, 0.29) is 12.4 Å². The van der Waals surface area contributed by atoms with Crippen LogP contribution in [0.15, 0.2) is 54.7 Å². The molecule has 0 saturated carbocycles. The van der Waals surface area contributed by atoms with Crippen molar-refractivity contribution in [2.24, 2.45) is 0 Å². The molecular formula is C17H15F2NO3. The number of rotatable bonds is 6. The molecule has 0 amide bonds. The molecule has 2 N–H and O–H groups in total. The van der Waals surface area contributed by atoms with Gasteiger partial charge in [-0.05, 0) is 41.3 Å². The van der Waals surface area contributed by atoms with Crippen molar-refractivity contribution in [3.8, 4) is 11.5 Å². The predicted molar refractivity (Wildman–Crippen MR) is 81.8 cm³/mol. The Labute approximate surface area is 131 Å². The highest BCUT2D eigenvalue weighted by molar-refractivity contribution is 5.80. The number of hydrogen-bond acceptors (Lipinski definition) is 3. The van der Waals surface area contributed by atoms with E-state index >= 15 is 0 Å². The van der Waals surface area contributed by atoms with Crippen LogP contribution in [0.25, 0.3) is 10.9 Å². The first-order valence-corrected chi connectivity index (χ1v) is 7.04. The molecule has 1 heterocycles. The second-order valence-electron chi connectivity index (χ2n) is 5.00. The van der Waals surface area contributed by atoms with Crippen molar-refractivity contribution in [2.75, 3.05) is 6.61 Å². The van der Waals surface area contributed by atoms with Crippen LogP contribution in [0, 0.1) is 0 Å². The Morgan fingerprint density at radius 1 is 1.00 bits per heavy atom. The molecule has 0 spiro atoms. The van der Waals surface area contributed by atoms with Gasteiger partial charge in [-0.3, -0.25) is 0 Å². The molecule has 4 nitrogen and oxygen atoms in total. The fourth-order valence-electron chi connectivity index (χ4n) is 2.26. The van der Waals surface area contributed by atoms with Crippen molar-refractivity contribution in [1.29, 1.82) is 0 Å². The summed E-state index contributed by atoms with van der Waals surface area (Å²) < 4.78 is 34.0. The van der Waals surface area contributed by atoms with E-state index in [1.54, 1.807) is 0 Å². The van der Waals surface area contributed by atoms with Crippen LogP contribution in [-0.2, 0) is 0 Å². The van der Waals surface area contributed by atoms with E-state index < -0.39 is 12.7 Å². The van der Waals surface area contributed by atoms with Gasteiger partial charge in [-0.2, -0.15) is 8.78 Å². The van der Waals surface area contributed by atoms with Gasteiger partial charge >= 0.3 is 6.61 Å². The number of fused-ring (bicyclic) bond motifs is 1.